The van der Waals surface area contributed by atoms with Crippen molar-refractivity contribution in [3.05, 3.63) is 28.5 Å². The summed E-state index contributed by atoms with van der Waals surface area (Å²) in [6.45, 7) is 0.465. The molecule has 0 saturated heterocycles. The number of halogens is 2. The first kappa shape index (κ1) is 11.7. The van der Waals surface area contributed by atoms with E-state index in [1.54, 1.807) is 6.07 Å². The zero-order valence-electron chi connectivity index (χ0n) is 9.22. The molecule has 1 aliphatic carbocycles. The fourth-order valence-corrected chi connectivity index (χ4v) is 2.52. The van der Waals surface area contributed by atoms with Crippen LogP contribution < -0.4 is 10.5 Å². The molecule has 0 amide bonds. The van der Waals surface area contributed by atoms with Gasteiger partial charge in [-0.05, 0) is 24.5 Å². The Balaban J connectivity index is 2.45. The van der Waals surface area contributed by atoms with Gasteiger partial charge in [0.25, 0.3) is 0 Å². The van der Waals surface area contributed by atoms with Crippen LogP contribution in [0.3, 0.4) is 0 Å². The second kappa shape index (κ2) is 4.22. The highest BCUT2D eigenvalue weighted by molar-refractivity contribution is 6.32. The zero-order chi connectivity index (χ0) is 11.8. The van der Waals surface area contributed by atoms with Gasteiger partial charge < -0.3 is 10.5 Å². The summed E-state index contributed by atoms with van der Waals surface area (Å²) in [5.41, 5.74) is 6.17. The summed E-state index contributed by atoms with van der Waals surface area (Å²) in [5.74, 6) is 0.0980. The average Bonchev–Trinajstić information content (AvgIpc) is 2.22. The lowest BCUT2D eigenvalue weighted by Crippen LogP contribution is -2.42. The van der Waals surface area contributed by atoms with E-state index in [9.17, 15) is 4.39 Å². The molecule has 2 rings (SSSR count). The van der Waals surface area contributed by atoms with Crippen LogP contribution in [0.15, 0.2) is 12.1 Å². The van der Waals surface area contributed by atoms with Crippen LogP contribution >= 0.6 is 11.6 Å². The average molecular weight is 244 g/mol. The third kappa shape index (κ3) is 1.68. The van der Waals surface area contributed by atoms with Crippen LogP contribution in [-0.4, -0.2) is 13.7 Å². The predicted molar refractivity (Wildman–Crippen MR) is 62.5 cm³/mol. The molecule has 0 bridgehead atoms. The Morgan fingerprint density at radius 3 is 2.62 bits per heavy atom. The van der Waals surface area contributed by atoms with Crippen LogP contribution in [0, 0.1) is 5.82 Å². The summed E-state index contributed by atoms with van der Waals surface area (Å²) < 4.78 is 18.9. The Hall–Kier alpha value is -0.800. The maximum absolute atomic E-state index is 13.9. The van der Waals surface area contributed by atoms with Gasteiger partial charge in [0.1, 0.15) is 11.6 Å². The van der Waals surface area contributed by atoms with Crippen LogP contribution in [0.2, 0.25) is 5.02 Å². The molecule has 0 unspecified atom stereocenters. The van der Waals surface area contributed by atoms with E-state index in [0.717, 1.165) is 19.3 Å². The molecule has 1 aromatic carbocycles. The maximum Gasteiger partial charge on any atom is 0.140 e. The lowest BCUT2D eigenvalue weighted by molar-refractivity contribution is 0.244. The fourth-order valence-electron chi connectivity index (χ4n) is 2.28. The van der Waals surface area contributed by atoms with Gasteiger partial charge in [0.05, 0.1) is 12.1 Å². The van der Waals surface area contributed by atoms with E-state index in [1.165, 1.54) is 13.2 Å². The molecule has 0 aromatic heterocycles. The van der Waals surface area contributed by atoms with E-state index >= 15 is 0 Å². The van der Waals surface area contributed by atoms with Crippen molar-refractivity contribution in [2.75, 3.05) is 13.7 Å². The van der Waals surface area contributed by atoms with Crippen molar-refractivity contribution in [3.8, 4) is 5.75 Å². The molecule has 1 fully saturated rings. The highest BCUT2D eigenvalue weighted by Crippen LogP contribution is 2.45. The molecule has 1 aromatic rings. The molecule has 0 atom stereocenters. The fraction of sp³-hybridized carbons (Fsp3) is 0.500. The standard InChI is InChI=1S/C12H15ClFNO/c1-16-11-6-10(14)8(5-9(11)13)12(7-15)3-2-4-12/h5-6H,2-4,7,15H2,1H3. The first-order valence-electron chi connectivity index (χ1n) is 5.36. The van der Waals surface area contributed by atoms with E-state index < -0.39 is 0 Å². The molecule has 1 aliphatic rings. The molecule has 2 N–H and O–H groups in total. The van der Waals surface area contributed by atoms with E-state index in [-0.39, 0.29) is 11.2 Å². The van der Waals surface area contributed by atoms with Crippen LogP contribution in [0.4, 0.5) is 4.39 Å². The van der Waals surface area contributed by atoms with Gasteiger partial charge in [-0.1, -0.05) is 18.0 Å². The predicted octanol–water partition coefficient (Wildman–Crippen LogP) is 2.87. The third-order valence-corrected chi connectivity index (χ3v) is 3.81. The van der Waals surface area contributed by atoms with Gasteiger partial charge >= 0.3 is 0 Å². The molecule has 0 spiro atoms. The van der Waals surface area contributed by atoms with Crippen molar-refractivity contribution < 1.29 is 9.13 Å². The molecule has 16 heavy (non-hydrogen) atoms. The molecule has 0 radical (unpaired) electrons. The highest BCUT2D eigenvalue weighted by atomic mass is 35.5. The molecule has 2 nitrogen and oxygen atoms in total. The quantitative estimate of drug-likeness (QED) is 0.886. The van der Waals surface area contributed by atoms with Gasteiger partial charge in [-0.15, -0.1) is 0 Å². The number of hydrogen-bond acceptors (Lipinski definition) is 2. The number of rotatable bonds is 3. The summed E-state index contributed by atoms with van der Waals surface area (Å²) >= 11 is 6.01. The first-order valence-corrected chi connectivity index (χ1v) is 5.74. The smallest absolute Gasteiger partial charge is 0.140 e. The Labute approximate surface area is 99.5 Å². The number of benzene rings is 1. The Morgan fingerprint density at radius 1 is 1.50 bits per heavy atom. The van der Waals surface area contributed by atoms with Gasteiger partial charge in [0.2, 0.25) is 0 Å². The van der Waals surface area contributed by atoms with Crippen LogP contribution in [-0.2, 0) is 5.41 Å². The minimum Gasteiger partial charge on any atom is -0.495 e. The van der Waals surface area contributed by atoms with Crippen molar-refractivity contribution in [1.29, 1.82) is 0 Å². The molecule has 1 saturated carbocycles. The number of ether oxygens (including phenoxy) is 1. The Morgan fingerprint density at radius 2 is 2.19 bits per heavy atom. The summed E-state index contributed by atoms with van der Waals surface area (Å²) in [7, 11) is 1.47. The normalized spacial score (nSPS) is 18.0. The van der Waals surface area contributed by atoms with E-state index in [2.05, 4.69) is 0 Å². The van der Waals surface area contributed by atoms with Crippen molar-refractivity contribution in [2.45, 2.75) is 24.7 Å². The van der Waals surface area contributed by atoms with Gasteiger partial charge in [-0.2, -0.15) is 0 Å². The SMILES string of the molecule is COc1cc(F)c(C2(CN)CCC2)cc1Cl. The van der Waals surface area contributed by atoms with Gasteiger partial charge in [-0.25, -0.2) is 4.39 Å². The van der Waals surface area contributed by atoms with Crippen molar-refractivity contribution in [2.24, 2.45) is 5.73 Å². The molecular weight excluding hydrogens is 229 g/mol. The van der Waals surface area contributed by atoms with Crippen LogP contribution in [0.5, 0.6) is 5.75 Å². The minimum absolute atomic E-state index is 0.208. The van der Waals surface area contributed by atoms with E-state index in [4.69, 9.17) is 22.1 Å². The van der Waals surface area contributed by atoms with E-state index in [1.807, 2.05) is 0 Å². The monoisotopic (exact) mass is 243 g/mol. The van der Waals surface area contributed by atoms with Crippen molar-refractivity contribution in [1.82, 2.24) is 0 Å². The third-order valence-electron chi connectivity index (χ3n) is 3.51. The first-order chi connectivity index (χ1) is 7.63. The number of nitrogens with two attached hydrogens (primary N) is 1. The Bertz CT molecular complexity index is 399. The molecular formula is C12H15ClFNO. The van der Waals surface area contributed by atoms with Gasteiger partial charge in [0, 0.05) is 18.0 Å². The number of methoxy groups -OCH3 is 1. The summed E-state index contributed by atoms with van der Waals surface area (Å²) in [6.07, 6.45) is 2.96. The molecule has 88 valence electrons. The summed E-state index contributed by atoms with van der Waals surface area (Å²) in [4.78, 5) is 0. The molecule has 0 aliphatic heterocycles. The van der Waals surface area contributed by atoms with Crippen molar-refractivity contribution >= 4 is 11.6 Å². The van der Waals surface area contributed by atoms with Crippen LogP contribution in [0.1, 0.15) is 24.8 Å². The number of hydrogen-bond donors (Lipinski definition) is 1. The summed E-state index contributed by atoms with van der Waals surface area (Å²) in [6, 6.07) is 3.00. The zero-order valence-corrected chi connectivity index (χ0v) is 9.98. The van der Waals surface area contributed by atoms with Crippen LogP contribution in [0.25, 0.3) is 0 Å². The highest BCUT2D eigenvalue weighted by Gasteiger charge is 2.39. The minimum atomic E-state index is -0.272. The lowest BCUT2D eigenvalue weighted by Gasteiger charge is -2.41. The maximum atomic E-state index is 13.9. The largest absolute Gasteiger partial charge is 0.495 e. The topological polar surface area (TPSA) is 35.2 Å². The van der Waals surface area contributed by atoms with Gasteiger partial charge in [0.15, 0.2) is 0 Å². The van der Waals surface area contributed by atoms with Gasteiger partial charge in [-0.3, -0.25) is 0 Å². The molecule has 4 heteroatoms. The second-order valence-electron chi connectivity index (χ2n) is 4.30. The lowest BCUT2D eigenvalue weighted by atomic mass is 9.64. The van der Waals surface area contributed by atoms with Crippen molar-refractivity contribution in [3.63, 3.8) is 0 Å². The Kier molecular flexibility index (Phi) is 3.08. The molecule has 0 heterocycles. The van der Waals surface area contributed by atoms with E-state index in [0.29, 0.717) is 22.9 Å². The summed E-state index contributed by atoms with van der Waals surface area (Å²) in [5, 5.41) is 0.443. The second-order valence-corrected chi connectivity index (χ2v) is 4.71.